The molecule has 0 N–H and O–H groups in total. The smallest absolute Gasteiger partial charge is 0.338 e. The van der Waals surface area contributed by atoms with Crippen molar-refractivity contribution in [1.82, 2.24) is 23.1 Å². The Morgan fingerprint density at radius 2 is 1.83 bits per heavy atom. The number of hydrogen-bond acceptors (Lipinski definition) is 5. The maximum atomic E-state index is 13.0. The lowest BCUT2D eigenvalue weighted by Gasteiger charge is -2.07. The van der Waals surface area contributed by atoms with Crippen LogP contribution in [0.2, 0.25) is 0 Å². The van der Waals surface area contributed by atoms with E-state index >= 15 is 0 Å². The van der Waals surface area contributed by atoms with E-state index in [2.05, 4.69) is 4.98 Å². The minimum atomic E-state index is -0.378. The third kappa shape index (κ3) is 2.85. The van der Waals surface area contributed by atoms with Gasteiger partial charge >= 0.3 is 11.7 Å². The van der Waals surface area contributed by atoms with Crippen molar-refractivity contribution in [2.24, 2.45) is 7.05 Å². The zero-order chi connectivity index (χ0) is 21.6. The standard InChI is InChI=1S/C21H23N5O4/c1-5-11-24-18(27)16-17(23(4)21(24)29)22-20-25(16)12-13(3)26(20)15-9-7-14(8-10-15)19(28)30-6-2/h7-10,12H,5-6,11H2,1-4H3. The average molecular weight is 409 g/mol. The van der Waals surface area contributed by atoms with Crippen LogP contribution in [-0.4, -0.2) is 35.7 Å². The molecule has 0 unspecified atom stereocenters. The first kappa shape index (κ1) is 19.7. The van der Waals surface area contributed by atoms with E-state index < -0.39 is 0 Å². The van der Waals surface area contributed by atoms with Gasteiger partial charge in [0.25, 0.3) is 5.56 Å². The Kier molecular flexibility index (Phi) is 4.81. The number of fused-ring (bicyclic) bond motifs is 3. The zero-order valence-electron chi connectivity index (χ0n) is 17.4. The number of carbonyl (C=O) groups is 1. The molecule has 0 atom stereocenters. The highest BCUT2D eigenvalue weighted by atomic mass is 16.5. The van der Waals surface area contributed by atoms with E-state index in [1.807, 2.05) is 24.6 Å². The first-order chi connectivity index (χ1) is 14.4. The Balaban J connectivity index is 1.95. The van der Waals surface area contributed by atoms with Crippen molar-refractivity contribution < 1.29 is 9.53 Å². The topological polar surface area (TPSA) is 92.5 Å². The van der Waals surface area contributed by atoms with Gasteiger partial charge in [-0.05, 0) is 44.5 Å². The van der Waals surface area contributed by atoms with E-state index in [1.165, 1.54) is 9.13 Å². The van der Waals surface area contributed by atoms with E-state index in [9.17, 15) is 14.4 Å². The van der Waals surface area contributed by atoms with Gasteiger partial charge in [0, 0.05) is 31.2 Å². The van der Waals surface area contributed by atoms with Crippen LogP contribution < -0.4 is 11.2 Å². The van der Waals surface area contributed by atoms with E-state index in [0.29, 0.717) is 42.1 Å². The summed E-state index contributed by atoms with van der Waals surface area (Å²) in [4.78, 5) is 42.1. The molecule has 30 heavy (non-hydrogen) atoms. The lowest BCUT2D eigenvalue weighted by Crippen LogP contribution is -2.39. The molecule has 0 saturated carbocycles. The van der Waals surface area contributed by atoms with Gasteiger partial charge < -0.3 is 4.74 Å². The average Bonchev–Trinajstić information content (AvgIpc) is 3.24. The lowest BCUT2D eigenvalue weighted by molar-refractivity contribution is 0.0526. The Morgan fingerprint density at radius 3 is 2.47 bits per heavy atom. The van der Waals surface area contributed by atoms with Gasteiger partial charge in [-0.2, -0.15) is 4.98 Å². The number of aryl methyl sites for hydroxylation is 2. The number of imidazole rings is 2. The number of aromatic nitrogens is 5. The van der Waals surface area contributed by atoms with Crippen molar-refractivity contribution in [1.29, 1.82) is 0 Å². The Hall–Kier alpha value is -3.62. The molecule has 4 aromatic rings. The van der Waals surface area contributed by atoms with Crippen molar-refractivity contribution in [2.45, 2.75) is 33.7 Å². The van der Waals surface area contributed by atoms with Gasteiger partial charge in [0.05, 0.1) is 12.2 Å². The van der Waals surface area contributed by atoms with Gasteiger partial charge in [-0.1, -0.05) is 6.92 Å². The predicted molar refractivity (Wildman–Crippen MR) is 113 cm³/mol. The van der Waals surface area contributed by atoms with Crippen LogP contribution in [0.1, 0.15) is 36.3 Å². The Morgan fingerprint density at radius 1 is 1.13 bits per heavy atom. The highest BCUT2D eigenvalue weighted by molar-refractivity contribution is 5.89. The summed E-state index contributed by atoms with van der Waals surface area (Å²) >= 11 is 0. The Labute approximate surface area is 171 Å². The monoisotopic (exact) mass is 409 g/mol. The minimum absolute atomic E-state index is 0.312. The van der Waals surface area contributed by atoms with Crippen LogP contribution in [0, 0.1) is 6.92 Å². The zero-order valence-corrected chi connectivity index (χ0v) is 17.4. The molecule has 0 amide bonds. The molecule has 9 heteroatoms. The first-order valence-corrected chi connectivity index (χ1v) is 9.86. The lowest BCUT2D eigenvalue weighted by atomic mass is 10.2. The second-order valence-electron chi connectivity index (χ2n) is 7.13. The molecule has 1 aromatic carbocycles. The molecule has 4 rings (SSSR count). The van der Waals surface area contributed by atoms with Crippen molar-refractivity contribution in [3.05, 3.63) is 62.6 Å². The summed E-state index contributed by atoms with van der Waals surface area (Å²) in [7, 11) is 1.62. The van der Waals surface area contributed by atoms with Crippen molar-refractivity contribution in [2.75, 3.05) is 6.61 Å². The maximum Gasteiger partial charge on any atom is 0.338 e. The van der Waals surface area contributed by atoms with Gasteiger partial charge in [0.2, 0.25) is 5.78 Å². The van der Waals surface area contributed by atoms with Crippen molar-refractivity contribution in [3.8, 4) is 5.69 Å². The molecule has 0 spiro atoms. The quantitative estimate of drug-likeness (QED) is 0.470. The van der Waals surface area contributed by atoms with E-state index in [1.54, 1.807) is 42.6 Å². The molecule has 0 aliphatic carbocycles. The summed E-state index contributed by atoms with van der Waals surface area (Å²) in [6.45, 7) is 6.25. The highest BCUT2D eigenvalue weighted by Gasteiger charge is 2.20. The molecule has 3 aromatic heterocycles. The summed E-state index contributed by atoms with van der Waals surface area (Å²) in [5.74, 6) is 0.143. The van der Waals surface area contributed by atoms with Crippen LogP contribution in [-0.2, 0) is 18.3 Å². The molecule has 0 aliphatic heterocycles. The van der Waals surface area contributed by atoms with Crippen molar-refractivity contribution in [3.63, 3.8) is 0 Å². The summed E-state index contributed by atoms with van der Waals surface area (Å²) in [6.07, 6.45) is 2.50. The fourth-order valence-electron chi connectivity index (χ4n) is 3.71. The summed E-state index contributed by atoms with van der Waals surface area (Å²) in [5.41, 5.74) is 2.08. The van der Waals surface area contributed by atoms with Crippen molar-refractivity contribution >= 4 is 22.9 Å². The predicted octanol–water partition coefficient (Wildman–Crippen LogP) is 2.03. The number of carbonyl (C=O) groups excluding carboxylic acids is 1. The third-order valence-corrected chi connectivity index (χ3v) is 5.11. The molecule has 0 aliphatic rings. The Bertz CT molecular complexity index is 1390. The largest absolute Gasteiger partial charge is 0.462 e. The number of benzene rings is 1. The molecular weight excluding hydrogens is 386 g/mol. The number of rotatable bonds is 5. The molecule has 0 saturated heterocycles. The van der Waals surface area contributed by atoms with Gasteiger partial charge in [-0.15, -0.1) is 0 Å². The van der Waals surface area contributed by atoms with Crippen LogP contribution in [0.25, 0.3) is 22.6 Å². The summed E-state index contributed by atoms with van der Waals surface area (Å²) in [6, 6.07) is 6.98. The van der Waals surface area contributed by atoms with E-state index in [-0.39, 0.29) is 17.2 Å². The fraction of sp³-hybridized carbons (Fsp3) is 0.333. The van der Waals surface area contributed by atoms with Crippen LogP contribution >= 0.6 is 0 Å². The number of ether oxygens (including phenoxy) is 1. The van der Waals surface area contributed by atoms with Gasteiger partial charge in [-0.25, -0.2) is 9.59 Å². The summed E-state index contributed by atoms with van der Waals surface area (Å²) < 4.78 is 11.3. The fourth-order valence-corrected chi connectivity index (χ4v) is 3.71. The summed E-state index contributed by atoms with van der Waals surface area (Å²) in [5, 5.41) is 0. The molecule has 156 valence electrons. The molecule has 0 bridgehead atoms. The molecule has 3 heterocycles. The SMILES string of the molecule is CCCn1c(=O)c2c(nc3n(-c4ccc(C(=O)OCC)cc4)c(C)cn23)n(C)c1=O. The van der Waals surface area contributed by atoms with Crippen LogP contribution in [0.5, 0.6) is 0 Å². The van der Waals surface area contributed by atoms with E-state index in [0.717, 1.165) is 11.4 Å². The van der Waals surface area contributed by atoms with Gasteiger partial charge in [0.15, 0.2) is 11.2 Å². The third-order valence-electron chi connectivity index (χ3n) is 5.11. The number of hydrogen-bond donors (Lipinski definition) is 0. The number of nitrogens with zero attached hydrogens (tertiary/aromatic N) is 5. The number of esters is 1. The van der Waals surface area contributed by atoms with Crippen LogP contribution in [0.3, 0.4) is 0 Å². The second-order valence-corrected chi connectivity index (χ2v) is 7.13. The van der Waals surface area contributed by atoms with Gasteiger partial charge in [0.1, 0.15) is 0 Å². The second kappa shape index (κ2) is 7.33. The minimum Gasteiger partial charge on any atom is -0.462 e. The maximum absolute atomic E-state index is 13.0. The van der Waals surface area contributed by atoms with Crippen LogP contribution in [0.4, 0.5) is 0 Å². The van der Waals surface area contributed by atoms with Crippen LogP contribution in [0.15, 0.2) is 40.1 Å². The highest BCUT2D eigenvalue weighted by Crippen LogP contribution is 2.21. The molecule has 0 fully saturated rings. The molecule has 0 radical (unpaired) electrons. The normalized spacial score (nSPS) is 11.5. The van der Waals surface area contributed by atoms with E-state index in [4.69, 9.17) is 4.74 Å². The van der Waals surface area contributed by atoms with Gasteiger partial charge in [-0.3, -0.25) is 22.9 Å². The molecular formula is C21H23N5O4. The molecule has 9 nitrogen and oxygen atoms in total. The first-order valence-electron chi connectivity index (χ1n) is 9.86.